The summed E-state index contributed by atoms with van der Waals surface area (Å²) in [7, 11) is 0. The number of aromatic nitrogens is 2. The molecular formula is C10H19N3. The van der Waals surface area contributed by atoms with E-state index in [4.69, 9.17) is 5.73 Å². The van der Waals surface area contributed by atoms with E-state index >= 15 is 0 Å². The van der Waals surface area contributed by atoms with Crippen molar-refractivity contribution in [1.29, 1.82) is 0 Å². The Kier molecular flexibility index (Phi) is 3.80. The van der Waals surface area contributed by atoms with Crippen LogP contribution in [0.2, 0.25) is 0 Å². The van der Waals surface area contributed by atoms with Crippen molar-refractivity contribution in [3.05, 3.63) is 11.9 Å². The van der Waals surface area contributed by atoms with Crippen LogP contribution in [0.5, 0.6) is 0 Å². The third-order valence-corrected chi connectivity index (χ3v) is 2.23. The molecule has 13 heavy (non-hydrogen) atoms. The Bertz CT molecular complexity index is 233. The molecule has 0 aliphatic rings. The summed E-state index contributed by atoms with van der Waals surface area (Å²) in [4.78, 5) is 0. The first kappa shape index (κ1) is 10.1. The minimum Gasteiger partial charge on any atom is -0.396 e. The van der Waals surface area contributed by atoms with Gasteiger partial charge in [-0.15, -0.1) is 0 Å². The number of rotatable bonds is 5. The van der Waals surface area contributed by atoms with Gasteiger partial charge in [0.15, 0.2) is 0 Å². The maximum atomic E-state index is 5.69. The zero-order valence-corrected chi connectivity index (χ0v) is 8.58. The second kappa shape index (κ2) is 4.90. The Labute approximate surface area is 79.9 Å². The van der Waals surface area contributed by atoms with Crippen LogP contribution < -0.4 is 5.73 Å². The molecule has 74 valence electrons. The molecule has 0 saturated heterocycles. The maximum Gasteiger partial charge on any atom is 0.0822 e. The number of nitrogens with zero attached hydrogens (tertiary/aromatic N) is 2. The van der Waals surface area contributed by atoms with E-state index in [1.54, 1.807) is 0 Å². The third-order valence-electron chi connectivity index (χ3n) is 2.23. The Hall–Kier alpha value is -0.990. The summed E-state index contributed by atoms with van der Waals surface area (Å²) in [5.41, 5.74) is 7.43. The largest absolute Gasteiger partial charge is 0.396 e. The summed E-state index contributed by atoms with van der Waals surface area (Å²) in [5.74, 6) is 0. The molecule has 0 spiro atoms. The van der Waals surface area contributed by atoms with Gasteiger partial charge in [-0.3, -0.25) is 4.68 Å². The van der Waals surface area contributed by atoms with Gasteiger partial charge in [0.1, 0.15) is 0 Å². The van der Waals surface area contributed by atoms with Crippen molar-refractivity contribution >= 4 is 5.69 Å². The van der Waals surface area contributed by atoms with E-state index in [2.05, 4.69) is 12.0 Å². The average Bonchev–Trinajstić information content (AvgIpc) is 2.41. The molecule has 0 radical (unpaired) electrons. The van der Waals surface area contributed by atoms with Crippen LogP contribution in [0, 0.1) is 6.92 Å². The van der Waals surface area contributed by atoms with E-state index in [1.807, 2.05) is 17.8 Å². The third kappa shape index (κ3) is 3.09. The standard InChI is InChI=1S/C10H19N3/c1-3-4-5-6-7-13-8-10(11)9(2)12-13/h8H,3-7,11H2,1-2H3. The number of hydrogen-bond donors (Lipinski definition) is 1. The monoisotopic (exact) mass is 181 g/mol. The zero-order chi connectivity index (χ0) is 9.68. The molecule has 0 saturated carbocycles. The van der Waals surface area contributed by atoms with Gasteiger partial charge in [0.25, 0.3) is 0 Å². The molecule has 0 amide bonds. The van der Waals surface area contributed by atoms with Crippen LogP contribution in [0.15, 0.2) is 6.20 Å². The Morgan fingerprint density at radius 3 is 2.69 bits per heavy atom. The fourth-order valence-electron chi connectivity index (χ4n) is 1.35. The van der Waals surface area contributed by atoms with E-state index in [-0.39, 0.29) is 0 Å². The van der Waals surface area contributed by atoms with Crippen LogP contribution in [0.1, 0.15) is 38.3 Å². The van der Waals surface area contributed by atoms with Crippen molar-refractivity contribution in [3.63, 3.8) is 0 Å². The highest BCUT2D eigenvalue weighted by Crippen LogP contribution is 2.08. The highest BCUT2D eigenvalue weighted by molar-refractivity contribution is 5.39. The summed E-state index contributed by atoms with van der Waals surface area (Å²) in [6, 6.07) is 0. The van der Waals surface area contributed by atoms with Crippen LogP contribution in [0.25, 0.3) is 0 Å². The molecule has 1 heterocycles. The fourth-order valence-corrected chi connectivity index (χ4v) is 1.35. The summed E-state index contributed by atoms with van der Waals surface area (Å²) in [5, 5.41) is 4.30. The second-order valence-electron chi connectivity index (χ2n) is 3.49. The lowest BCUT2D eigenvalue weighted by Gasteiger charge is -1.99. The molecule has 0 aromatic carbocycles. The highest BCUT2D eigenvalue weighted by atomic mass is 15.3. The highest BCUT2D eigenvalue weighted by Gasteiger charge is 1.99. The zero-order valence-electron chi connectivity index (χ0n) is 8.58. The predicted molar refractivity (Wildman–Crippen MR) is 55.5 cm³/mol. The SMILES string of the molecule is CCCCCCn1cc(N)c(C)n1. The minimum absolute atomic E-state index is 0.801. The van der Waals surface area contributed by atoms with Crippen molar-refractivity contribution in [2.75, 3.05) is 5.73 Å². The number of hydrogen-bond acceptors (Lipinski definition) is 2. The lowest BCUT2D eigenvalue weighted by atomic mass is 10.2. The van der Waals surface area contributed by atoms with E-state index in [0.29, 0.717) is 0 Å². The van der Waals surface area contributed by atoms with E-state index in [1.165, 1.54) is 25.7 Å². The number of aryl methyl sites for hydroxylation is 2. The first-order chi connectivity index (χ1) is 6.24. The molecule has 3 nitrogen and oxygen atoms in total. The number of unbranched alkanes of at least 4 members (excludes halogenated alkanes) is 3. The molecule has 0 aliphatic heterocycles. The van der Waals surface area contributed by atoms with Gasteiger partial charge in [-0.25, -0.2) is 0 Å². The molecule has 2 N–H and O–H groups in total. The molecule has 0 fully saturated rings. The quantitative estimate of drug-likeness (QED) is 0.709. The lowest BCUT2D eigenvalue weighted by Crippen LogP contribution is -1.98. The molecule has 3 heteroatoms. The van der Waals surface area contributed by atoms with E-state index < -0.39 is 0 Å². The Morgan fingerprint density at radius 2 is 2.15 bits per heavy atom. The molecule has 0 bridgehead atoms. The number of nitrogen functional groups attached to an aromatic ring is 1. The van der Waals surface area contributed by atoms with Crippen LogP contribution in [0.3, 0.4) is 0 Å². The molecule has 0 unspecified atom stereocenters. The van der Waals surface area contributed by atoms with Crippen LogP contribution in [-0.4, -0.2) is 9.78 Å². The first-order valence-electron chi connectivity index (χ1n) is 5.03. The Balaban J connectivity index is 2.29. The van der Waals surface area contributed by atoms with Crippen molar-refractivity contribution in [2.24, 2.45) is 0 Å². The van der Waals surface area contributed by atoms with Crippen LogP contribution in [0.4, 0.5) is 5.69 Å². The number of anilines is 1. The van der Waals surface area contributed by atoms with Gasteiger partial charge < -0.3 is 5.73 Å². The fraction of sp³-hybridized carbons (Fsp3) is 0.700. The van der Waals surface area contributed by atoms with Crippen molar-refractivity contribution in [2.45, 2.75) is 46.1 Å². The van der Waals surface area contributed by atoms with E-state index in [0.717, 1.165) is 17.9 Å². The summed E-state index contributed by atoms with van der Waals surface area (Å²) >= 11 is 0. The van der Waals surface area contributed by atoms with Crippen LogP contribution >= 0.6 is 0 Å². The van der Waals surface area contributed by atoms with Gasteiger partial charge >= 0.3 is 0 Å². The molecular weight excluding hydrogens is 162 g/mol. The minimum atomic E-state index is 0.801. The molecule has 0 atom stereocenters. The van der Waals surface area contributed by atoms with E-state index in [9.17, 15) is 0 Å². The molecule has 0 aliphatic carbocycles. The first-order valence-corrected chi connectivity index (χ1v) is 5.03. The van der Waals surface area contributed by atoms with Gasteiger partial charge in [-0.1, -0.05) is 26.2 Å². The van der Waals surface area contributed by atoms with Gasteiger partial charge in [-0.05, 0) is 13.3 Å². The Morgan fingerprint density at radius 1 is 1.38 bits per heavy atom. The molecule has 1 rings (SSSR count). The normalized spacial score (nSPS) is 10.6. The average molecular weight is 181 g/mol. The summed E-state index contributed by atoms with van der Waals surface area (Å²) < 4.78 is 1.94. The van der Waals surface area contributed by atoms with Gasteiger partial charge in [-0.2, -0.15) is 5.10 Å². The lowest BCUT2D eigenvalue weighted by molar-refractivity contribution is 0.539. The maximum absolute atomic E-state index is 5.69. The van der Waals surface area contributed by atoms with Crippen molar-refractivity contribution in [3.8, 4) is 0 Å². The smallest absolute Gasteiger partial charge is 0.0822 e. The van der Waals surface area contributed by atoms with Crippen LogP contribution in [-0.2, 0) is 6.54 Å². The van der Waals surface area contributed by atoms with Gasteiger partial charge in [0, 0.05) is 12.7 Å². The topological polar surface area (TPSA) is 43.8 Å². The summed E-state index contributed by atoms with van der Waals surface area (Å²) in [6.07, 6.45) is 7.00. The number of nitrogens with two attached hydrogens (primary N) is 1. The van der Waals surface area contributed by atoms with Gasteiger partial charge in [0.05, 0.1) is 11.4 Å². The molecule has 1 aromatic rings. The second-order valence-corrected chi connectivity index (χ2v) is 3.49. The van der Waals surface area contributed by atoms with Crippen molar-refractivity contribution in [1.82, 2.24) is 9.78 Å². The summed E-state index contributed by atoms with van der Waals surface area (Å²) in [6.45, 7) is 5.16. The van der Waals surface area contributed by atoms with Gasteiger partial charge in [0.2, 0.25) is 0 Å². The molecule has 1 aromatic heterocycles. The van der Waals surface area contributed by atoms with Crippen molar-refractivity contribution < 1.29 is 0 Å². The predicted octanol–water partition coefficient (Wildman–Crippen LogP) is 2.35.